The molecular weight excluding hydrogens is 162 g/mol. The monoisotopic (exact) mass is 175 g/mol. The van der Waals surface area contributed by atoms with Crippen LogP contribution in [-0.4, -0.2) is 30.0 Å². The largest absolute Gasteiger partial charge is 0.293 e. The van der Waals surface area contributed by atoms with Gasteiger partial charge in [-0.2, -0.15) is 5.26 Å². The predicted molar refractivity (Wildman–Crippen MR) is 51.1 cm³/mol. The summed E-state index contributed by atoms with van der Waals surface area (Å²) in [6.45, 7) is 1.39. The van der Waals surface area contributed by atoms with Crippen molar-refractivity contribution in [1.29, 1.82) is 5.26 Å². The van der Waals surface area contributed by atoms with E-state index in [2.05, 4.69) is 11.1 Å². The van der Waals surface area contributed by atoms with Gasteiger partial charge in [-0.25, -0.2) is 0 Å². The number of likely N-dealkylation sites (N-methyl/N-ethyl adjacent to an activating group) is 1. The van der Waals surface area contributed by atoms with Crippen LogP contribution < -0.4 is 0 Å². The first-order chi connectivity index (χ1) is 6.33. The number of nitrogens with zero attached hydrogens (tertiary/aromatic N) is 3. The molecule has 3 heteroatoms. The van der Waals surface area contributed by atoms with Gasteiger partial charge < -0.3 is 0 Å². The van der Waals surface area contributed by atoms with E-state index in [1.54, 1.807) is 6.20 Å². The molecule has 13 heavy (non-hydrogen) atoms. The van der Waals surface area contributed by atoms with Crippen molar-refractivity contribution >= 4 is 0 Å². The third kappa shape index (κ3) is 3.68. The van der Waals surface area contributed by atoms with Crippen LogP contribution in [0.25, 0.3) is 0 Å². The van der Waals surface area contributed by atoms with Gasteiger partial charge in [0.2, 0.25) is 0 Å². The fourth-order valence-corrected chi connectivity index (χ4v) is 1.07. The molecule has 0 aliphatic rings. The Morgan fingerprint density at radius 3 is 3.08 bits per heavy atom. The van der Waals surface area contributed by atoms with Gasteiger partial charge in [0.25, 0.3) is 0 Å². The molecule has 1 rings (SSSR count). The second-order valence-corrected chi connectivity index (χ2v) is 3.01. The fourth-order valence-electron chi connectivity index (χ4n) is 1.07. The minimum Gasteiger partial charge on any atom is -0.293 e. The fraction of sp³-hybridized carbons (Fsp3) is 0.400. The molecule has 0 saturated heterocycles. The van der Waals surface area contributed by atoms with E-state index in [-0.39, 0.29) is 0 Å². The Morgan fingerprint density at radius 2 is 2.46 bits per heavy atom. The molecule has 0 saturated carbocycles. The lowest BCUT2D eigenvalue weighted by atomic mass is 10.2. The Kier molecular flexibility index (Phi) is 3.94. The first-order valence-electron chi connectivity index (χ1n) is 4.27. The van der Waals surface area contributed by atoms with Crippen LogP contribution in [0.15, 0.2) is 24.5 Å². The highest BCUT2D eigenvalue weighted by Gasteiger charge is 1.97. The highest BCUT2D eigenvalue weighted by atomic mass is 15.1. The Balaban J connectivity index is 2.32. The molecule has 0 bridgehead atoms. The van der Waals surface area contributed by atoms with Crippen LogP contribution in [0.5, 0.6) is 0 Å². The number of aromatic nitrogens is 1. The van der Waals surface area contributed by atoms with E-state index in [9.17, 15) is 0 Å². The molecule has 68 valence electrons. The average molecular weight is 175 g/mol. The smallest absolute Gasteiger partial charge is 0.0863 e. The summed E-state index contributed by atoms with van der Waals surface area (Å²) < 4.78 is 0. The van der Waals surface area contributed by atoms with Gasteiger partial charge in [-0.15, -0.1) is 0 Å². The summed E-state index contributed by atoms with van der Waals surface area (Å²) in [5, 5.41) is 8.43. The molecule has 0 aliphatic heterocycles. The van der Waals surface area contributed by atoms with Gasteiger partial charge in [0.1, 0.15) is 0 Å². The maximum atomic E-state index is 8.43. The molecule has 0 amide bonds. The van der Waals surface area contributed by atoms with E-state index >= 15 is 0 Å². The zero-order chi connectivity index (χ0) is 9.52. The van der Waals surface area contributed by atoms with Gasteiger partial charge >= 0.3 is 0 Å². The minimum atomic E-state index is 0.486. The van der Waals surface area contributed by atoms with Crippen molar-refractivity contribution in [3.63, 3.8) is 0 Å². The van der Waals surface area contributed by atoms with Crippen LogP contribution in [0.4, 0.5) is 0 Å². The first kappa shape index (κ1) is 9.69. The minimum absolute atomic E-state index is 0.486. The van der Waals surface area contributed by atoms with Crippen LogP contribution in [0, 0.1) is 11.3 Å². The molecule has 0 aliphatic carbocycles. The van der Waals surface area contributed by atoms with Crippen molar-refractivity contribution in [3.8, 4) is 6.07 Å². The summed E-state index contributed by atoms with van der Waals surface area (Å²) in [5.41, 5.74) is 1.22. The van der Waals surface area contributed by atoms with Crippen LogP contribution in [0.3, 0.4) is 0 Å². The number of rotatable bonds is 4. The van der Waals surface area contributed by atoms with Crippen molar-refractivity contribution in [2.75, 3.05) is 20.1 Å². The molecule has 1 aromatic heterocycles. The van der Waals surface area contributed by atoms with Crippen LogP contribution in [0.2, 0.25) is 0 Å². The lowest BCUT2D eigenvalue weighted by Gasteiger charge is -2.11. The quantitative estimate of drug-likeness (QED) is 0.643. The highest BCUT2D eigenvalue weighted by Crippen LogP contribution is 1.97. The van der Waals surface area contributed by atoms with Crippen molar-refractivity contribution in [1.82, 2.24) is 9.88 Å². The maximum absolute atomic E-state index is 8.43. The van der Waals surface area contributed by atoms with Gasteiger partial charge in [0.15, 0.2) is 0 Å². The summed E-state index contributed by atoms with van der Waals surface area (Å²) in [6, 6.07) is 6.09. The third-order valence-corrected chi connectivity index (χ3v) is 1.85. The van der Waals surface area contributed by atoms with Gasteiger partial charge in [-0.3, -0.25) is 9.88 Å². The van der Waals surface area contributed by atoms with Gasteiger partial charge in [0, 0.05) is 18.9 Å². The van der Waals surface area contributed by atoms with E-state index < -0.39 is 0 Å². The van der Waals surface area contributed by atoms with Crippen molar-refractivity contribution in [2.24, 2.45) is 0 Å². The number of hydrogen-bond acceptors (Lipinski definition) is 3. The molecule has 0 aromatic carbocycles. The van der Waals surface area contributed by atoms with E-state index in [4.69, 9.17) is 5.26 Å². The van der Waals surface area contributed by atoms with Crippen molar-refractivity contribution in [3.05, 3.63) is 30.1 Å². The predicted octanol–water partition coefficient (Wildman–Crippen LogP) is 1.08. The topological polar surface area (TPSA) is 39.9 Å². The molecule has 0 radical (unpaired) electrons. The second kappa shape index (κ2) is 5.28. The van der Waals surface area contributed by atoms with E-state index in [0.29, 0.717) is 6.54 Å². The van der Waals surface area contributed by atoms with Crippen LogP contribution in [0.1, 0.15) is 5.56 Å². The molecule has 0 N–H and O–H groups in total. The van der Waals surface area contributed by atoms with Gasteiger partial charge in [-0.05, 0) is 25.1 Å². The Morgan fingerprint density at radius 1 is 1.62 bits per heavy atom. The molecule has 1 heterocycles. The highest BCUT2D eigenvalue weighted by molar-refractivity contribution is 5.08. The average Bonchev–Trinajstić information content (AvgIpc) is 2.17. The normalized spacial score (nSPS) is 9.92. The summed E-state index contributed by atoms with van der Waals surface area (Å²) in [6.07, 6.45) is 4.58. The zero-order valence-electron chi connectivity index (χ0n) is 7.77. The summed E-state index contributed by atoms with van der Waals surface area (Å²) in [4.78, 5) is 6.02. The number of hydrogen-bond donors (Lipinski definition) is 0. The van der Waals surface area contributed by atoms with Crippen LogP contribution in [-0.2, 0) is 6.42 Å². The maximum Gasteiger partial charge on any atom is 0.0863 e. The first-order valence-corrected chi connectivity index (χ1v) is 4.27. The van der Waals surface area contributed by atoms with Gasteiger partial charge in [0.05, 0.1) is 12.6 Å². The molecule has 1 aromatic rings. The van der Waals surface area contributed by atoms with Crippen molar-refractivity contribution in [2.45, 2.75) is 6.42 Å². The molecule has 0 fully saturated rings. The Hall–Kier alpha value is -1.40. The van der Waals surface area contributed by atoms with E-state index in [1.807, 2.05) is 30.3 Å². The van der Waals surface area contributed by atoms with E-state index in [0.717, 1.165) is 13.0 Å². The zero-order valence-corrected chi connectivity index (χ0v) is 7.77. The summed E-state index contributed by atoms with van der Waals surface area (Å²) in [5.74, 6) is 0. The molecule has 3 nitrogen and oxygen atoms in total. The summed E-state index contributed by atoms with van der Waals surface area (Å²) in [7, 11) is 1.94. The number of nitriles is 1. The lowest BCUT2D eigenvalue weighted by molar-refractivity contribution is 0.379. The SMILES string of the molecule is CN(CC#N)CCc1cccnc1. The molecule has 0 atom stereocenters. The standard InChI is InChI=1S/C10H13N3/c1-13(8-5-11)7-4-10-3-2-6-12-9-10/h2-3,6,9H,4,7-8H2,1H3. The Bertz CT molecular complexity index is 276. The summed E-state index contributed by atoms with van der Waals surface area (Å²) >= 11 is 0. The van der Waals surface area contributed by atoms with E-state index in [1.165, 1.54) is 5.56 Å². The molecule has 0 unspecified atom stereocenters. The number of pyridine rings is 1. The lowest BCUT2D eigenvalue weighted by Crippen LogP contribution is -2.21. The van der Waals surface area contributed by atoms with Crippen molar-refractivity contribution < 1.29 is 0 Å². The molecular formula is C10H13N3. The Labute approximate surface area is 78.6 Å². The molecule has 0 spiro atoms. The third-order valence-electron chi connectivity index (χ3n) is 1.85. The second-order valence-electron chi connectivity index (χ2n) is 3.01. The van der Waals surface area contributed by atoms with Crippen LogP contribution >= 0.6 is 0 Å². The van der Waals surface area contributed by atoms with Gasteiger partial charge in [-0.1, -0.05) is 6.07 Å².